The van der Waals surface area contributed by atoms with E-state index in [1.54, 1.807) is 0 Å². The molecule has 27 heavy (non-hydrogen) atoms. The van der Waals surface area contributed by atoms with Crippen molar-refractivity contribution >= 4 is 0 Å². The van der Waals surface area contributed by atoms with Crippen molar-refractivity contribution in [1.29, 1.82) is 0 Å². The molecule has 140 valence electrons. The first-order valence-electron chi connectivity index (χ1n) is 9.46. The Kier molecular flexibility index (Phi) is 6.59. The molecule has 0 saturated carbocycles. The van der Waals surface area contributed by atoms with Gasteiger partial charge >= 0.3 is 0 Å². The van der Waals surface area contributed by atoms with Crippen LogP contribution in [0.15, 0.2) is 66.7 Å². The number of hydrogen-bond acceptors (Lipinski definition) is 1. The van der Waals surface area contributed by atoms with Gasteiger partial charge in [0, 0.05) is 11.6 Å². The smallest absolute Gasteiger partial charge is 0.133 e. The zero-order valence-electron chi connectivity index (χ0n) is 15.6. The van der Waals surface area contributed by atoms with Crippen molar-refractivity contribution in [3.05, 3.63) is 78.4 Å². The predicted molar refractivity (Wildman–Crippen MR) is 107 cm³/mol. The molecule has 0 aliphatic rings. The molecule has 0 aliphatic heterocycles. The fraction of sp³-hybridized carbons (Fsp3) is 0.250. The van der Waals surface area contributed by atoms with E-state index in [9.17, 15) is 8.78 Å². The largest absolute Gasteiger partial charge is 0.494 e. The maximum atomic E-state index is 14.3. The van der Waals surface area contributed by atoms with E-state index < -0.39 is 11.6 Å². The van der Waals surface area contributed by atoms with Gasteiger partial charge in [0.05, 0.1) is 6.61 Å². The molecule has 0 bridgehead atoms. The van der Waals surface area contributed by atoms with E-state index in [1.165, 1.54) is 31.4 Å². The highest BCUT2D eigenvalue weighted by molar-refractivity contribution is 5.83. The van der Waals surface area contributed by atoms with Gasteiger partial charge in [0.25, 0.3) is 0 Å². The molecule has 0 heterocycles. The molecule has 3 heteroatoms. The van der Waals surface area contributed by atoms with E-state index in [0.29, 0.717) is 5.56 Å². The summed E-state index contributed by atoms with van der Waals surface area (Å²) in [6.45, 7) is 2.91. The third-order valence-corrected chi connectivity index (χ3v) is 4.58. The first-order chi connectivity index (χ1) is 13.2. The summed E-state index contributed by atoms with van der Waals surface area (Å²) in [7, 11) is 0. The van der Waals surface area contributed by atoms with Crippen molar-refractivity contribution in [3.8, 4) is 28.0 Å². The second-order valence-electron chi connectivity index (χ2n) is 6.60. The number of rotatable bonds is 8. The lowest BCUT2D eigenvalue weighted by Gasteiger charge is -2.12. The van der Waals surface area contributed by atoms with E-state index in [4.69, 9.17) is 4.74 Å². The summed E-state index contributed by atoms with van der Waals surface area (Å²) in [5.74, 6) is -0.302. The number of hydrogen-bond donors (Lipinski definition) is 0. The van der Waals surface area contributed by atoms with Gasteiger partial charge in [0.15, 0.2) is 0 Å². The zero-order chi connectivity index (χ0) is 19.1. The quantitative estimate of drug-likeness (QED) is 0.381. The molecule has 0 N–H and O–H groups in total. The van der Waals surface area contributed by atoms with Crippen LogP contribution in [0.3, 0.4) is 0 Å². The summed E-state index contributed by atoms with van der Waals surface area (Å²) in [6, 6.07) is 19.1. The monoisotopic (exact) mass is 366 g/mol. The lowest BCUT2D eigenvalue weighted by molar-refractivity contribution is 0.305. The summed E-state index contributed by atoms with van der Waals surface area (Å²) in [5, 5.41) is 0. The summed E-state index contributed by atoms with van der Waals surface area (Å²) >= 11 is 0. The first kappa shape index (κ1) is 19.1. The van der Waals surface area contributed by atoms with Crippen LogP contribution in [0.2, 0.25) is 0 Å². The zero-order valence-corrected chi connectivity index (χ0v) is 15.6. The lowest BCUT2D eigenvalue weighted by atomic mass is 9.94. The minimum atomic E-state index is -0.575. The molecular weight excluding hydrogens is 342 g/mol. The normalized spacial score (nSPS) is 10.8. The average Bonchev–Trinajstić information content (AvgIpc) is 2.68. The molecule has 3 rings (SSSR count). The van der Waals surface area contributed by atoms with E-state index in [-0.39, 0.29) is 0 Å². The third kappa shape index (κ3) is 4.94. The maximum absolute atomic E-state index is 14.3. The number of unbranched alkanes of at least 4 members (excludes halogenated alkanes) is 3. The van der Waals surface area contributed by atoms with Crippen LogP contribution in [0.4, 0.5) is 8.78 Å². The molecule has 0 aromatic heterocycles. The topological polar surface area (TPSA) is 9.23 Å². The van der Waals surface area contributed by atoms with Crippen LogP contribution < -0.4 is 4.74 Å². The van der Waals surface area contributed by atoms with E-state index in [1.807, 2.05) is 48.5 Å². The summed E-state index contributed by atoms with van der Waals surface area (Å²) < 4.78 is 33.3. The van der Waals surface area contributed by atoms with Gasteiger partial charge in [-0.15, -0.1) is 0 Å². The van der Waals surface area contributed by atoms with Gasteiger partial charge < -0.3 is 4.74 Å². The minimum Gasteiger partial charge on any atom is -0.494 e. The third-order valence-electron chi connectivity index (χ3n) is 4.58. The van der Waals surface area contributed by atoms with E-state index >= 15 is 0 Å². The summed E-state index contributed by atoms with van der Waals surface area (Å²) in [5.41, 5.74) is 3.00. The molecule has 0 spiro atoms. The second kappa shape index (κ2) is 9.31. The lowest BCUT2D eigenvalue weighted by Crippen LogP contribution is -1.97. The molecular formula is C24H24F2O. The summed E-state index contributed by atoms with van der Waals surface area (Å²) in [4.78, 5) is 0. The predicted octanol–water partition coefficient (Wildman–Crippen LogP) is 7.26. The number of benzene rings is 3. The van der Waals surface area contributed by atoms with Crippen LogP contribution in [0, 0.1) is 11.6 Å². The molecule has 0 unspecified atom stereocenters. The maximum Gasteiger partial charge on any atom is 0.133 e. The fourth-order valence-electron chi connectivity index (χ4n) is 3.13. The van der Waals surface area contributed by atoms with E-state index in [0.717, 1.165) is 41.5 Å². The Morgan fingerprint density at radius 2 is 1.48 bits per heavy atom. The van der Waals surface area contributed by atoms with Crippen molar-refractivity contribution in [2.75, 3.05) is 6.61 Å². The van der Waals surface area contributed by atoms with Gasteiger partial charge in [0.2, 0.25) is 0 Å². The minimum absolute atomic E-state index is 0.392. The number of ether oxygens (including phenoxy) is 1. The Labute approximate surface area is 159 Å². The molecule has 0 atom stereocenters. The Hall–Kier alpha value is -2.68. The van der Waals surface area contributed by atoms with Gasteiger partial charge in [-0.2, -0.15) is 0 Å². The standard InChI is InChI=1S/C24H24F2O/c1-2-3-4-7-16-27-20-13-10-18(11-14-20)21-8-5-6-9-22(21)23-15-12-19(25)17-24(23)26/h5-6,8-15,17H,2-4,7,16H2,1H3. The van der Waals surface area contributed by atoms with Crippen LogP contribution in [0.5, 0.6) is 5.75 Å². The van der Waals surface area contributed by atoms with Gasteiger partial charge in [0.1, 0.15) is 17.4 Å². The molecule has 3 aromatic rings. The van der Waals surface area contributed by atoms with Gasteiger partial charge in [-0.25, -0.2) is 8.78 Å². The first-order valence-corrected chi connectivity index (χ1v) is 9.46. The van der Waals surface area contributed by atoms with Crippen molar-refractivity contribution < 1.29 is 13.5 Å². The van der Waals surface area contributed by atoms with Crippen molar-refractivity contribution in [2.24, 2.45) is 0 Å². The Bertz CT molecular complexity index is 872. The van der Waals surface area contributed by atoms with Gasteiger partial charge in [-0.05, 0) is 47.4 Å². The van der Waals surface area contributed by atoms with Crippen LogP contribution >= 0.6 is 0 Å². The molecule has 0 saturated heterocycles. The van der Waals surface area contributed by atoms with Crippen LogP contribution in [0.1, 0.15) is 32.6 Å². The fourth-order valence-corrected chi connectivity index (χ4v) is 3.13. The van der Waals surface area contributed by atoms with E-state index in [2.05, 4.69) is 6.92 Å². The molecule has 0 fully saturated rings. The Morgan fingerprint density at radius 1 is 0.741 bits per heavy atom. The molecule has 0 aliphatic carbocycles. The van der Waals surface area contributed by atoms with Crippen molar-refractivity contribution in [1.82, 2.24) is 0 Å². The molecule has 1 nitrogen and oxygen atoms in total. The molecule has 3 aromatic carbocycles. The van der Waals surface area contributed by atoms with Gasteiger partial charge in [-0.3, -0.25) is 0 Å². The van der Waals surface area contributed by atoms with Crippen LogP contribution in [0.25, 0.3) is 22.3 Å². The van der Waals surface area contributed by atoms with Gasteiger partial charge in [-0.1, -0.05) is 62.6 Å². The highest BCUT2D eigenvalue weighted by atomic mass is 19.1. The average molecular weight is 366 g/mol. The second-order valence-corrected chi connectivity index (χ2v) is 6.60. The Morgan fingerprint density at radius 3 is 2.19 bits per heavy atom. The molecule has 0 amide bonds. The Balaban J connectivity index is 1.79. The van der Waals surface area contributed by atoms with Crippen LogP contribution in [-0.2, 0) is 0 Å². The van der Waals surface area contributed by atoms with Crippen molar-refractivity contribution in [3.63, 3.8) is 0 Å². The SMILES string of the molecule is CCCCCCOc1ccc(-c2ccccc2-c2ccc(F)cc2F)cc1. The van der Waals surface area contributed by atoms with Crippen LogP contribution in [-0.4, -0.2) is 6.61 Å². The summed E-state index contributed by atoms with van der Waals surface area (Å²) in [6.07, 6.45) is 4.69. The van der Waals surface area contributed by atoms with Crippen molar-refractivity contribution in [2.45, 2.75) is 32.6 Å². The molecule has 0 radical (unpaired) electrons. The highest BCUT2D eigenvalue weighted by Crippen LogP contribution is 2.34. The number of halogens is 2. The highest BCUT2D eigenvalue weighted by Gasteiger charge is 2.12.